The molecule has 0 saturated carbocycles. The molecule has 5 fully saturated rings. The predicted octanol–water partition coefficient (Wildman–Crippen LogP) is 14.5. The molecule has 406 valence electrons. The molecule has 5 aliphatic rings. The van der Waals surface area contributed by atoms with E-state index in [0.717, 1.165) is 116 Å². The molecule has 5 saturated heterocycles. The van der Waals surface area contributed by atoms with Gasteiger partial charge in [0.15, 0.2) is 0 Å². The first-order valence-corrected chi connectivity index (χ1v) is 30.1. The van der Waals surface area contributed by atoms with Crippen molar-refractivity contribution < 1.29 is 52.3 Å². The van der Waals surface area contributed by atoms with Gasteiger partial charge in [-0.15, -0.1) is 0 Å². The summed E-state index contributed by atoms with van der Waals surface area (Å²) in [6.07, 6.45) is 46.4. The van der Waals surface area contributed by atoms with Crippen molar-refractivity contribution in [2.75, 3.05) is 13.2 Å². The number of esters is 3. The number of carbonyl (C=O) groups excluding carboxylic acids is 3. The van der Waals surface area contributed by atoms with Gasteiger partial charge in [-0.1, -0.05) is 175 Å². The quantitative estimate of drug-likeness (QED) is 0.0249. The fourth-order valence-corrected chi connectivity index (χ4v) is 10.7. The number of hydrogen-bond donors (Lipinski definition) is 0. The van der Waals surface area contributed by atoms with Crippen LogP contribution in [0.25, 0.3) is 0 Å². The SMILES string of the molecule is CCCCCCCCC1OC1CCCCCCCC(=O)OCCC(CCOC(=O)CCCCCCCC1OC1CC1OC1CCCCC)OC(=O)CCCCCCCC1OC1CC1OC1CCCCC. The van der Waals surface area contributed by atoms with Gasteiger partial charge in [-0.3, -0.25) is 14.4 Å². The Hall–Kier alpha value is -1.79. The molecular formula is C59H104O11. The van der Waals surface area contributed by atoms with E-state index >= 15 is 0 Å². The maximum absolute atomic E-state index is 13.0. The maximum Gasteiger partial charge on any atom is 0.306 e. The van der Waals surface area contributed by atoms with E-state index in [1.807, 2.05) is 0 Å². The standard InChI is InChI=1S/C59H104O11/c1-4-7-10-11-15-24-33-47-48(66-47)34-25-16-12-19-28-37-57(60)63-42-40-46(65-59(62)39-30-21-14-18-27-36-52-56(70-52)45-54-50(68-54)32-23-9-6-3)41-43-64-58(61)38-29-20-13-17-26-35-51-55(69-51)44-53-49(67-53)31-22-8-5-2/h46-56H,4-45H2,1-3H3. The summed E-state index contributed by atoms with van der Waals surface area (Å²) in [5, 5.41) is 0. The smallest absolute Gasteiger partial charge is 0.306 e. The van der Waals surface area contributed by atoms with E-state index in [9.17, 15) is 14.4 Å². The average Bonchev–Trinajstić information content (AvgIpc) is 4.07. The second-order valence-corrected chi connectivity index (χ2v) is 22.1. The second-order valence-electron chi connectivity index (χ2n) is 22.1. The van der Waals surface area contributed by atoms with Crippen molar-refractivity contribution in [1.82, 2.24) is 0 Å². The second kappa shape index (κ2) is 36.2. The Morgan fingerprint density at radius 3 is 0.943 bits per heavy atom. The molecule has 5 rings (SSSR count). The summed E-state index contributed by atoms with van der Waals surface area (Å²) >= 11 is 0. The summed E-state index contributed by atoms with van der Waals surface area (Å²) < 4.78 is 46.6. The van der Waals surface area contributed by atoms with Crippen LogP contribution in [-0.2, 0) is 52.3 Å². The molecule has 0 amide bonds. The molecule has 0 bridgehead atoms. The summed E-state index contributed by atoms with van der Waals surface area (Å²) in [6, 6.07) is 0. The van der Waals surface area contributed by atoms with Gasteiger partial charge >= 0.3 is 17.9 Å². The zero-order valence-corrected chi connectivity index (χ0v) is 45.0. The minimum atomic E-state index is -0.466. The van der Waals surface area contributed by atoms with Gasteiger partial charge in [-0.2, -0.15) is 0 Å². The molecule has 11 nitrogen and oxygen atoms in total. The molecule has 0 N–H and O–H groups in total. The van der Waals surface area contributed by atoms with Crippen LogP contribution in [-0.4, -0.2) is 98.3 Å². The molecule has 11 atom stereocenters. The molecule has 5 heterocycles. The monoisotopic (exact) mass is 989 g/mol. The van der Waals surface area contributed by atoms with Gasteiger partial charge in [0.25, 0.3) is 0 Å². The van der Waals surface area contributed by atoms with E-state index in [4.69, 9.17) is 37.9 Å². The third-order valence-electron chi connectivity index (χ3n) is 15.7. The van der Waals surface area contributed by atoms with Crippen molar-refractivity contribution >= 4 is 17.9 Å². The van der Waals surface area contributed by atoms with Crippen LogP contribution in [0.1, 0.15) is 278 Å². The van der Waals surface area contributed by atoms with Crippen molar-refractivity contribution in [3.05, 3.63) is 0 Å². The molecule has 11 heteroatoms. The minimum Gasteiger partial charge on any atom is -0.466 e. The predicted molar refractivity (Wildman–Crippen MR) is 277 cm³/mol. The van der Waals surface area contributed by atoms with E-state index in [2.05, 4.69) is 20.8 Å². The Balaban J connectivity index is 0.857. The summed E-state index contributed by atoms with van der Waals surface area (Å²) in [7, 11) is 0. The van der Waals surface area contributed by atoms with Crippen LogP contribution in [0.15, 0.2) is 0 Å². The van der Waals surface area contributed by atoms with E-state index < -0.39 is 6.10 Å². The van der Waals surface area contributed by atoms with Crippen LogP contribution in [0.3, 0.4) is 0 Å². The lowest BCUT2D eigenvalue weighted by molar-refractivity contribution is -0.153. The van der Waals surface area contributed by atoms with Crippen LogP contribution in [0.5, 0.6) is 0 Å². The molecule has 70 heavy (non-hydrogen) atoms. The first-order chi connectivity index (χ1) is 34.4. The minimum absolute atomic E-state index is 0.185. The van der Waals surface area contributed by atoms with Crippen LogP contribution < -0.4 is 0 Å². The van der Waals surface area contributed by atoms with Crippen molar-refractivity contribution in [1.29, 1.82) is 0 Å². The van der Waals surface area contributed by atoms with Gasteiger partial charge < -0.3 is 37.9 Å². The Morgan fingerprint density at radius 2 is 0.586 bits per heavy atom. The van der Waals surface area contributed by atoms with E-state index in [1.165, 1.54) is 109 Å². The van der Waals surface area contributed by atoms with Crippen molar-refractivity contribution in [2.45, 2.75) is 345 Å². The molecule has 0 aromatic heterocycles. The normalized spacial score (nSPS) is 26.4. The lowest BCUT2D eigenvalue weighted by Crippen LogP contribution is -2.23. The summed E-state index contributed by atoms with van der Waals surface area (Å²) in [6.45, 7) is 7.12. The molecule has 0 aromatic rings. The molecule has 11 unspecified atom stereocenters. The Kier molecular flexibility index (Phi) is 30.6. The van der Waals surface area contributed by atoms with Crippen LogP contribution in [0, 0.1) is 0 Å². The molecule has 5 aliphatic heterocycles. The third kappa shape index (κ3) is 28.0. The van der Waals surface area contributed by atoms with E-state index in [1.54, 1.807) is 0 Å². The first-order valence-electron chi connectivity index (χ1n) is 30.1. The maximum atomic E-state index is 13.0. The summed E-state index contributed by atoms with van der Waals surface area (Å²) in [5.41, 5.74) is 0. The molecule has 0 aromatic carbocycles. The van der Waals surface area contributed by atoms with Crippen LogP contribution in [0.4, 0.5) is 0 Å². The number of ether oxygens (including phenoxy) is 8. The zero-order chi connectivity index (χ0) is 49.4. The number of unbranched alkanes of at least 4 members (excludes halogenated alkanes) is 21. The molecule has 0 spiro atoms. The first kappa shape index (κ1) is 59.1. The van der Waals surface area contributed by atoms with Crippen molar-refractivity contribution in [3.8, 4) is 0 Å². The molecule has 0 radical (unpaired) electrons. The van der Waals surface area contributed by atoms with Crippen LogP contribution in [0.2, 0.25) is 0 Å². The fourth-order valence-electron chi connectivity index (χ4n) is 10.7. The highest BCUT2D eigenvalue weighted by atomic mass is 16.6. The van der Waals surface area contributed by atoms with Gasteiger partial charge in [0.05, 0.1) is 74.3 Å². The van der Waals surface area contributed by atoms with Crippen molar-refractivity contribution in [3.63, 3.8) is 0 Å². The third-order valence-corrected chi connectivity index (χ3v) is 15.7. The average molecular weight is 989 g/mol. The number of carbonyl (C=O) groups is 3. The highest BCUT2D eigenvalue weighted by molar-refractivity contribution is 5.70. The number of rotatable bonds is 50. The topological polar surface area (TPSA) is 142 Å². The highest BCUT2D eigenvalue weighted by Crippen LogP contribution is 2.40. The molecular weight excluding hydrogens is 885 g/mol. The zero-order valence-electron chi connectivity index (χ0n) is 45.0. The fraction of sp³-hybridized carbons (Fsp3) is 0.949. The Morgan fingerprint density at radius 1 is 0.329 bits per heavy atom. The molecule has 0 aliphatic carbocycles. The summed E-state index contributed by atoms with van der Waals surface area (Å²) in [5.74, 6) is -0.643. The van der Waals surface area contributed by atoms with Crippen molar-refractivity contribution in [2.24, 2.45) is 0 Å². The van der Waals surface area contributed by atoms with Gasteiger partial charge in [0, 0.05) is 44.9 Å². The number of epoxide rings is 5. The van der Waals surface area contributed by atoms with E-state index in [-0.39, 0.29) is 31.1 Å². The number of hydrogen-bond acceptors (Lipinski definition) is 11. The lowest BCUT2D eigenvalue weighted by atomic mass is 10.0. The Bertz CT molecular complexity index is 1380. The van der Waals surface area contributed by atoms with Crippen LogP contribution >= 0.6 is 0 Å². The van der Waals surface area contributed by atoms with E-state index in [0.29, 0.717) is 93.1 Å². The highest BCUT2D eigenvalue weighted by Gasteiger charge is 2.48. The van der Waals surface area contributed by atoms with Gasteiger partial charge in [0.1, 0.15) is 6.10 Å². The van der Waals surface area contributed by atoms with Gasteiger partial charge in [-0.25, -0.2) is 0 Å². The Labute approximate surface area is 426 Å². The largest absolute Gasteiger partial charge is 0.466 e. The van der Waals surface area contributed by atoms with Gasteiger partial charge in [-0.05, 0) is 57.8 Å². The van der Waals surface area contributed by atoms with Gasteiger partial charge in [0.2, 0.25) is 0 Å². The lowest BCUT2D eigenvalue weighted by Gasteiger charge is -2.18. The summed E-state index contributed by atoms with van der Waals surface area (Å²) in [4.78, 5) is 38.2.